The number of hydrogen-bond acceptors (Lipinski definition) is 4. The first kappa shape index (κ1) is 15.8. The topological polar surface area (TPSA) is 58.8 Å². The maximum absolute atomic E-state index is 12.2. The second kappa shape index (κ2) is 6.45. The minimum absolute atomic E-state index is 0.0562. The molecule has 0 spiro atoms. The van der Waals surface area contributed by atoms with Crippen molar-refractivity contribution in [3.05, 3.63) is 29.8 Å². The van der Waals surface area contributed by atoms with Gasteiger partial charge in [-0.05, 0) is 25.5 Å². The predicted octanol–water partition coefficient (Wildman–Crippen LogP) is 1.22. The van der Waals surface area contributed by atoms with Crippen molar-refractivity contribution in [3.63, 3.8) is 0 Å². The average molecular weight is 291 g/mol. The van der Waals surface area contributed by atoms with Crippen molar-refractivity contribution >= 4 is 11.6 Å². The zero-order chi connectivity index (χ0) is 15.5. The van der Waals surface area contributed by atoms with Gasteiger partial charge in [-0.3, -0.25) is 4.79 Å². The number of ether oxygens (including phenoxy) is 1. The highest BCUT2D eigenvalue weighted by molar-refractivity contribution is 5.85. The molecule has 0 bridgehead atoms. The van der Waals surface area contributed by atoms with Gasteiger partial charge in [0.25, 0.3) is 0 Å². The Morgan fingerprint density at radius 2 is 1.95 bits per heavy atom. The maximum atomic E-state index is 12.2. The first-order valence-electron chi connectivity index (χ1n) is 7.34. The number of likely N-dealkylation sites (N-methyl/N-ethyl adjacent to an activating group) is 1. The summed E-state index contributed by atoms with van der Waals surface area (Å²) in [5.74, 6) is -0.0562. The molecule has 1 aromatic carbocycles. The van der Waals surface area contributed by atoms with Gasteiger partial charge in [0, 0.05) is 32.4 Å². The lowest BCUT2D eigenvalue weighted by Crippen LogP contribution is -2.49. The molecule has 116 valence electrons. The normalized spacial score (nSPS) is 15.9. The third-order valence-corrected chi connectivity index (χ3v) is 3.65. The second-order valence-corrected chi connectivity index (χ2v) is 6.11. The van der Waals surface area contributed by atoms with Crippen LogP contribution in [0.4, 0.5) is 5.69 Å². The molecule has 1 aliphatic rings. The molecule has 1 heterocycles. The third-order valence-electron chi connectivity index (χ3n) is 3.65. The van der Waals surface area contributed by atoms with Crippen LogP contribution in [0.5, 0.6) is 0 Å². The van der Waals surface area contributed by atoms with Crippen molar-refractivity contribution in [2.75, 3.05) is 38.3 Å². The summed E-state index contributed by atoms with van der Waals surface area (Å²) >= 11 is 0. The van der Waals surface area contributed by atoms with Gasteiger partial charge >= 0.3 is 0 Å². The van der Waals surface area contributed by atoms with Crippen molar-refractivity contribution in [2.45, 2.75) is 25.9 Å². The van der Waals surface area contributed by atoms with Crippen LogP contribution in [-0.2, 0) is 16.1 Å². The van der Waals surface area contributed by atoms with Crippen LogP contribution in [0.3, 0.4) is 0 Å². The molecule has 0 aliphatic carbocycles. The summed E-state index contributed by atoms with van der Waals surface area (Å²) in [7, 11) is 1.80. The lowest BCUT2D eigenvalue weighted by atomic mass is 10.0. The summed E-state index contributed by atoms with van der Waals surface area (Å²) < 4.78 is 5.40. The predicted molar refractivity (Wildman–Crippen MR) is 84.2 cm³/mol. The number of anilines is 1. The standard InChI is InChI=1S/C16H25N3O2/c1-16(2,17)15(20)18(3)12-13-6-4-5-7-14(13)19-8-10-21-11-9-19/h4-7H,8-12,17H2,1-3H3. The molecule has 1 amide bonds. The Morgan fingerprint density at radius 3 is 2.57 bits per heavy atom. The first-order chi connectivity index (χ1) is 9.89. The Balaban J connectivity index is 2.14. The van der Waals surface area contributed by atoms with Crippen LogP contribution in [0.15, 0.2) is 24.3 Å². The molecule has 1 saturated heterocycles. The number of nitrogens with two attached hydrogens (primary N) is 1. The largest absolute Gasteiger partial charge is 0.378 e. The first-order valence-corrected chi connectivity index (χ1v) is 7.34. The van der Waals surface area contributed by atoms with Gasteiger partial charge in [0.05, 0.1) is 18.8 Å². The van der Waals surface area contributed by atoms with Crippen LogP contribution < -0.4 is 10.6 Å². The lowest BCUT2D eigenvalue weighted by Gasteiger charge is -2.32. The highest BCUT2D eigenvalue weighted by atomic mass is 16.5. The SMILES string of the molecule is CN(Cc1ccccc1N1CCOCC1)C(=O)C(C)(C)N. The fourth-order valence-corrected chi connectivity index (χ4v) is 2.58. The quantitative estimate of drug-likeness (QED) is 0.906. The van der Waals surface area contributed by atoms with E-state index in [1.54, 1.807) is 25.8 Å². The van der Waals surface area contributed by atoms with Gasteiger partial charge in [-0.2, -0.15) is 0 Å². The Labute approximate surface area is 126 Å². The van der Waals surface area contributed by atoms with Gasteiger partial charge in [-0.1, -0.05) is 18.2 Å². The molecule has 0 aromatic heterocycles. The summed E-state index contributed by atoms with van der Waals surface area (Å²) in [6, 6.07) is 8.21. The van der Waals surface area contributed by atoms with E-state index in [-0.39, 0.29) is 5.91 Å². The fraction of sp³-hybridized carbons (Fsp3) is 0.562. The summed E-state index contributed by atoms with van der Waals surface area (Å²) in [5, 5.41) is 0. The molecular formula is C16H25N3O2. The van der Waals surface area contributed by atoms with E-state index < -0.39 is 5.54 Å². The fourth-order valence-electron chi connectivity index (χ4n) is 2.58. The minimum Gasteiger partial charge on any atom is -0.378 e. The monoisotopic (exact) mass is 291 g/mol. The number of morpholine rings is 1. The number of amides is 1. The highest BCUT2D eigenvalue weighted by Gasteiger charge is 2.26. The number of carbonyl (C=O) groups excluding carboxylic acids is 1. The molecule has 1 fully saturated rings. The van der Waals surface area contributed by atoms with Crippen LogP contribution in [0, 0.1) is 0 Å². The smallest absolute Gasteiger partial charge is 0.242 e. The molecule has 2 rings (SSSR count). The minimum atomic E-state index is -0.845. The lowest BCUT2D eigenvalue weighted by molar-refractivity contribution is -0.134. The molecule has 2 N–H and O–H groups in total. The van der Waals surface area contributed by atoms with Gasteiger partial charge in [0.1, 0.15) is 0 Å². The van der Waals surface area contributed by atoms with Crippen LogP contribution in [-0.4, -0.2) is 49.7 Å². The Morgan fingerprint density at radius 1 is 1.33 bits per heavy atom. The number of rotatable bonds is 4. The molecule has 1 aromatic rings. The van der Waals surface area contributed by atoms with E-state index in [0.717, 1.165) is 31.9 Å². The molecule has 0 radical (unpaired) electrons. The molecule has 5 heteroatoms. The number of benzene rings is 1. The summed E-state index contributed by atoms with van der Waals surface area (Å²) in [5.41, 5.74) is 7.37. The highest BCUT2D eigenvalue weighted by Crippen LogP contribution is 2.23. The van der Waals surface area contributed by atoms with Gasteiger partial charge in [-0.25, -0.2) is 0 Å². The van der Waals surface area contributed by atoms with E-state index in [9.17, 15) is 4.79 Å². The average Bonchev–Trinajstić information content (AvgIpc) is 2.47. The van der Waals surface area contributed by atoms with Crippen LogP contribution in [0.2, 0.25) is 0 Å². The van der Waals surface area contributed by atoms with Gasteiger partial charge in [-0.15, -0.1) is 0 Å². The van der Waals surface area contributed by atoms with Crippen LogP contribution >= 0.6 is 0 Å². The van der Waals surface area contributed by atoms with Gasteiger partial charge < -0.3 is 20.3 Å². The van der Waals surface area contributed by atoms with Crippen molar-refractivity contribution in [1.82, 2.24) is 4.90 Å². The van der Waals surface area contributed by atoms with Crippen LogP contribution in [0.1, 0.15) is 19.4 Å². The molecule has 0 unspecified atom stereocenters. The van der Waals surface area contributed by atoms with E-state index in [0.29, 0.717) is 6.54 Å². The van der Waals surface area contributed by atoms with E-state index in [4.69, 9.17) is 10.5 Å². The zero-order valence-corrected chi connectivity index (χ0v) is 13.1. The van der Waals surface area contributed by atoms with Gasteiger partial charge in [0.2, 0.25) is 5.91 Å². The summed E-state index contributed by atoms with van der Waals surface area (Å²) in [6.45, 7) is 7.30. The molecule has 5 nitrogen and oxygen atoms in total. The number of para-hydroxylation sites is 1. The zero-order valence-electron chi connectivity index (χ0n) is 13.1. The van der Waals surface area contributed by atoms with Crippen molar-refractivity contribution in [3.8, 4) is 0 Å². The summed E-state index contributed by atoms with van der Waals surface area (Å²) in [4.78, 5) is 16.2. The Hall–Kier alpha value is -1.59. The van der Waals surface area contributed by atoms with E-state index in [1.807, 2.05) is 12.1 Å². The number of carbonyl (C=O) groups is 1. The van der Waals surface area contributed by atoms with Crippen molar-refractivity contribution in [1.29, 1.82) is 0 Å². The molecule has 1 aliphatic heterocycles. The van der Waals surface area contributed by atoms with E-state index >= 15 is 0 Å². The van der Waals surface area contributed by atoms with Gasteiger partial charge in [0.15, 0.2) is 0 Å². The molecular weight excluding hydrogens is 266 g/mol. The molecule has 0 saturated carbocycles. The van der Waals surface area contributed by atoms with E-state index in [1.165, 1.54) is 5.69 Å². The Bertz CT molecular complexity index is 491. The third kappa shape index (κ3) is 3.95. The van der Waals surface area contributed by atoms with Crippen LogP contribution in [0.25, 0.3) is 0 Å². The van der Waals surface area contributed by atoms with Crippen molar-refractivity contribution < 1.29 is 9.53 Å². The molecule has 21 heavy (non-hydrogen) atoms. The number of hydrogen-bond donors (Lipinski definition) is 1. The molecule has 0 atom stereocenters. The van der Waals surface area contributed by atoms with E-state index in [2.05, 4.69) is 17.0 Å². The summed E-state index contributed by atoms with van der Waals surface area (Å²) in [6.07, 6.45) is 0. The number of nitrogens with zero attached hydrogens (tertiary/aromatic N) is 2. The van der Waals surface area contributed by atoms with Crippen molar-refractivity contribution in [2.24, 2.45) is 5.73 Å². The second-order valence-electron chi connectivity index (χ2n) is 6.11. The Kier molecular flexibility index (Phi) is 4.85. The maximum Gasteiger partial charge on any atom is 0.242 e.